The molecule has 29 heavy (non-hydrogen) atoms. The van der Waals surface area contributed by atoms with Gasteiger partial charge in [0.15, 0.2) is 5.69 Å². The summed E-state index contributed by atoms with van der Waals surface area (Å²) in [5, 5.41) is 8.37. The Kier molecular flexibility index (Phi) is 4.96. The Bertz CT molecular complexity index is 1230. The monoisotopic (exact) mass is 383 g/mol. The molecule has 1 aromatic heterocycles. The van der Waals surface area contributed by atoms with Gasteiger partial charge >= 0.3 is 0 Å². The van der Waals surface area contributed by atoms with E-state index in [4.69, 9.17) is 0 Å². The van der Waals surface area contributed by atoms with E-state index in [0.29, 0.717) is 10.8 Å². The van der Waals surface area contributed by atoms with Crippen molar-refractivity contribution in [1.82, 2.24) is 15.1 Å². The minimum absolute atomic E-state index is 0.227. The molecule has 0 unspecified atom stereocenters. The topological polar surface area (TPSA) is 64.0 Å². The Labute approximate surface area is 168 Å². The number of nitrogens with one attached hydrogen (secondary N) is 1. The maximum absolute atomic E-state index is 13.3. The van der Waals surface area contributed by atoms with E-state index in [1.807, 2.05) is 61.5 Å². The van der Waals surface area contributed by atoms with Crippen LogP contribution in [0.15, 0.2) is 83.7 Å². The maximum atomic E-state index is 13.3. The van der Waals surface area contributed by atoms with Gasteiger partial charge in [0.25, 0.3) is 11.5 Å². The van der Waals surface area contributed by atoms with Crippen LogP contribution in [0.3, 0.4) is 0 Å². The van der Waals surface area contributed by atoms with E-state index >= 15 is 0 Å². The first kappa shape index (κ1) is 18.6. The summed E-state index contributed by atoms with van der Waals surface area (Å²) in [5.41, 5.74) is 3.10. The third-order valence-corrected chi connectivity index (χ3v) is 4.99. The molecule has 0 spiro atoms. The van der Waals surface area contributed by atoms with Crippen LogP contribution in [0.25, 0.3) is 10.8 Å². The number of rotatable bonds is 4. The summed E-state index contributed by atoms with van der Waals surface area (Å²) >= 11 is 0. The van der Waals surface area contributed by atoms with Crippen LogP contribution in [0, 0.1) is 6.92 Å². The Balaban J connectivity index is 1.78. The second-order valence-corrected chi connectivity index (χ2v) is 7.05. The van der Waals surface area contributed by atoms with Gasteiger partial charge in [-0.3, -0.25) is 9.59 Å². The maximum Gasteiger partial charge on any atom is 0.274 e. The Morgan fingerprint density at radius 3 is 2.14 bits per heavy atom. The van der Waals surface area contributed by atoms with Gasteiger partial charge in [-0.15, -0.1) is 0 Å². The Morgan fingerprint density at radius 1 is 0.862 bits per heavy atom. The second-order valence-electron chi connectivity index (χ2n) is 7.05. The van der Waals surface area contributed by atoms with Crippen LogP contribution in [0.5, 0.6) is 0 Å². The lowest BCUT2D eigenvalue weighted by Gasteiger charge is -2.20. The van der Waals surface area contributed by atoms with E-state index in [1.54, 1.807) is 31.3 Å². The highest BCUT2D eigenvalue weighted by Gasteiger charge is 2.21. The number of fused-ring (bicyclic) bond motifs is 1. The van der Waals surface area contributed by atoms with Crippen LogP contribution in [-0.4, -0.2) is 15.7 Å². The first-order valence-electron chi connectivity index (χ1n) is 9.43. The van der Waals surface area contributed by atoms with Crippen molar-refractivity contribution >= 4 is 16.7 Å². The number of nitrogens with zero attached hydrogens (tertiary/aromatic N) is 2. The summed E-state index contributed by atoms with van der Waals surface area (Å²) < 4.78 is 1.21. The summed E-state index contributed by atoms with van der Waals surface area (Å²) in [7, 11) is 1.56. The summed E-state index contributed by atoms with van der Waals surface area (Å²) in [6.07, 6.45) is 0. The highest BCUT2D eigenvalue weighted by Crippen LogP contribution is 2.23. The zero-order valence-corrected chi connectivity index (χ0v) is 16.3. The molecule has 144 valence electrons. The molecule has 0 aliphatic rings. The average molecular weight is 383 g/mol. The predicted molar refractivity (Wildman–Crippen MR) is 114 cm³/mol. The number of benzene rings is 3. The summed E-state index contributed by atoms with van der Waals surface area (Å²) in [6, 6.07) is 24.6. The fourth-order valence-corrected chi connectivity index (χ4v) is 3.43. The second kappa shape index (κ2) is 7.72. The minimum Gasteiger partial charge on any atom is -0.340 e. The molecular formula is C24H21N3O2. The molecule has 4 rings (SSSR count). The number of aromatic nitrogens is 2. The predicted octanol–water partition coefficient (Wildman–Crippen LogP) is 3.76. The summed E-state index contributed by atoms with van der Waals surface area (Å²) in [6.45, 7) is 2.03. The van der Waals surface area contributed by atoms with Gasteiger partial charge in [0, 0.05) is 12.4 Å². The number of hydrogen-bond acceptors (Lipinski definition) is 3. The fraction of sp³-hybridized carbons (Fsp3) is 0.125. The van der Waals surface area contributed by atoms with Crippen LogP contribution >= 0.6 is 0 Å². The Morgan fingerprint density at radius 2 is 1.45 bits per heavy atom. The molecule has 0 fully saturated rings. The van der Waals surface area contributed by atoms with E-state index < -0.39 is 0 Å². The lowest BCUT2D eigenvalue weighted by Crippen LogP contribution is -2.32. The molecular weight excluding hydrogens is 362 g/mol. The van der Waals surface area contributed by atoms with Gasteiger partial charge in [0.05, 0.1) is 11.4 Å². The summed E-state index contributed by atoms with van der Waals surface area (Å²) in [4.78, 5) is 25.6. The van der Waals surface area contributed by atoms with Crippen molar-refractivity contribution in [3.05, 3.63) is 112 Å². The van der Waals surface area contributed by atoms with Crippen molar-refractivity contribution in [2.24, 2.45) is 7.05 Å². The van der Waals surface area contributed by atoms with Crippen LogP contribution in [0.2, 0.25) is 0 Å². The quantitative estimate of drug-likeness (QED) is 0.584. The average Bonchev–Trinajstić information content (AvgIpc) is 2.76. The molecule has 1 heterocycles. The number of hydrogen-bond donors (Lipinski definition) is 1. The van der Waals surface area contributed by atoms with Gasteiger partial charge in [0.2, 0.25) is 0 Å². The third-order valence-electron chi connectivity index (χ3n) is 4.99. The smallest absolute Gasteiger partial charge is 0.274 e. The highest BCUT2D eigenvalue weighted by atomic mass is 16.2. The van der Waals surface area contributed by atoms with Crippen molar-refractivity contribution in [2.75, 3.05) is 0 Å². The normalized spacial score (nSPS) is 11.9. The van der Waals surface area contributed by atoms with Crippen molar-refractivity contribution in [2.45, 2.75) is 13.0 Å². The van der Waals surface area contributed by atoms with Crippen molar-refractivity contribution < 1.29 is 4.79 Å². The van der Waals surface area contributed by atoms with Crippen LogP contribution in [0.1, 0.15) is 33.2 Å². The zero-order chi connectivity index (χ0) is 20.4. The van der Waals surface area contributed by atoms with Crippen molar-refractivity contribution in [3.8, 4) is 0 Å². The lowest BCUT2D eigenvalue weighted by atomic mass is 9.97. The van der Waals surface area contributed by atoms with Gasteiger partial charge in [-0.25, -0.2) is 4.68 Å². The molecule has 0 saturated heterocycles. The van der Waals surface area contributed by atoms with E-state index in [-0.39, 0.29) is 23.2 Å². The van der Waals surface area contributed by atoms with Gasteiger partial charge in [0.1, 0.15) is 0 Å². The molecule has 0 radical (unpaired) electrons. The van der Waals surface area contributed by atoms with E-state index in [2.05, 4.69) is 10.4 Å². The SMILES string of the molecule is Cc1ccc([C@@H](NC(=O)c2nn(C)c(=O)c3ccccc23)c2ccccc2)cc1. The number of carbonyl (C=O) groups excluding carboxylic acids is 1. The molecule has 0 aliphatic carbocycles. The van der Waals surface area contributed by atoms with Gasteiger partial charge in [-0.2, -0.15) is 5.10 Å². The van der Waals surface area contributed by atoms with Crippen LogP contribution < -0.4 is 10.9 Å². The first-order valence-corrected chi connectivity index (χ1v) is 9.43. The molecule has 0 bridgehead atoms. The van der Waals surface area contributed by atoms with E-state index in [9.17, 15) is 9.59 Å². The number of carbonyl (C=O) groups is 1. The molecule has 5 nitrogen and oxygen atoms in total. The van der Waals surface area contributed by atoms with Crippen molar-refractivity contribution in [1.29, 1.82) is 0 Å². The standard InChI is InChI=1S/C24H21N3O2/c1-16-12-14-18(15-13-16)21(17-8-4-3-5-9-17)25-23(28)22-19-10-6-7-11-20(19)24(29)27(2)26-22/h3-15,21H,1-2H3,(H,25,28)/t21-/m0/s1. The highest BCUT2D eigenvalue weighted by molar-refractivity contribution is 6.05. The van der Waals surface area contributed by atoms with Gasteiger partial charge in [-0.1, -0.05) is 78.4 Å². The largest absolute Gasteiger partial charge is 0.340 e. The van der Waals surface area contributed by atoms with E-state index in [1.165, 1.54) is 4.68 Å². The molecule has 4 aromatic rings. The zero-order valence-electron chi connectivity index (χ0n) is 16.3. The van der Waals surface area contributed by atoms with Gasteiger partial charge in [-0.05, 0) is 24.1 Å². The molecule has 1 atom stereocenters. The molecule has 5 heteroatoms. The fourth-order valence-electron chi connectivity index (χ4n) is 3.43. The number of amides is 1. The molecule has 1 N–H and O–H groups in total. The van der Waals surface area contributed by atoms with Crippen LogP contribution in [-0.2, 0) is 7.05 Å². The Hall–Kier alpha value is -3.73. The van der Waals surface area contributed by atoms with Gasteiger partial charge < -0.3 is 5.32 Å². The lowest BCUT2D eigenvalue weighted by molar-refractivity contribution is 0.0937. The molecule has 0 saturated carbocycles. The third kappa shape index (κ3) is 3.67. The summed E-state index contributed by atoms with van der Waals surface area (Å²) in [5.74, 6) is -0.328. The number of aryl methyl sites for hydroxylation is 2. The van der Waals surface area contributed by atoms with Crippen LogP contribution in [0.4, 0.5) is 0 Å². The van der Waals surface area contributed by atoms with E-state index in [0.717, 1.165) is 16.7 Å². The molecule has 3 aromatic carbocycles. The molecule has 0 aliphatic heterocycles. The molecule has 1 amide bonds. The van der Waals surface area contributed by atoms with Crippen molar-refractivity contribution in [3.63, 3.8) is 0 Å². The minimum atomic E-state index is -0.331. The first-order chi connectivity index (χ1) is 14.0.